The van der Waals surface area contributed by atoms with Crippen LogP contribution in [-0.4, -0.2) is 44.2 Å². The lowest BCUT2D eigenvalue weighted by Crippen LogP contribution is -2.52. The smallest absolute Gasteiger partial charge is 0.410 e. The molecule has 1 aliphatic heterocycles. The summed E-state index contributed by atoms with van der Waals surface area (Å²) < 4.78 is 7.51. The molecule has 146 valence electrons. The van der Waals surface area contributed by atoms with Crippen LogP contribution in [0.15, 0.2) is 36.8 Å². The van der Waals surface area contributed by atoms with Crippen LogP contribution >= 0.6 is 11.6 Å². The maximum Gasteiger partial charge on any atom is 0.410 e. The van der Waals surface area contributed by atoms with Crippen molar-refractivity contribution >= 4 is 34.5 Å². The van der Waals surface area contributed by atoms with Gasteiger partial charge >= 0.3 is 6.09 Å². The molecule has 0 spiro atoms. The molecule has 1 saturated heterocycles. The largest absolute Gasteiger partial charge is 0.444 e. The monoisotopic (exact) mass is 399 g/mol. The lowest BCUT2D eigenvalue weighted by molar-refractivity contribution is 0.00152. The van der Waals surface area contributed by atoms with E-state index in [4.69, 9.17) is 22.1 Å². The maximum absolute atomic E-state index is 12.2. The predicted molar refractivity (Wildman–Crippen MR) is 109 cm³/mol. The molecule has 1 fully saturated rings. The first-order valence-electron chi connectivity index (χ1n) is 9.08. The first kappa shape index (κ1) is 18.6. The number of carbonyl (C=O) groups is 1. The summed E-state index contributed by atoms with van der Waals surface area (Å²) >= 11 is 6.02. The van der Waals surface area contributed by atoms with Crippen LogP contribution in [0, 0.1) is 0 Å². The van der Waals surface area contributed by atoms with Gasteiger partial charge in [0.25, 0.3) is 0 Å². The highest BCUT2D eigenvalue weighted by molar-refractivity contribution is 6.30. The Kier molecular flexibility index (Phi) is 4.42. The summed E-state index contributed by atoms with van der Waals surface area (Å²) in [6.07, 6.45) is 3.19. The normalized spacial score (nSPS) is 14.9. The zero-order valence-electron chi connectivity index (χ0n) is 16.0. The SMILES string of the molecule is CC(C)(C)OC(=O)N1CC(n2cc(-c3ccc(Cl)cc3)c3c(N)ncnc32)C1. The highest BCUT2D eigenvalue weighted by Crippen LogP contribution is 2.36. The van der Waals surface area contributed by atoms with Crippen LogP contribution < -0.4 is 5.73 Å². The minimum Gasteiger partial charge on any atom is -0.444 e. The first-order valence-corrected chi connectivity index (χ1v) is 9.45. The maximum atomic E-state index is 12.2. The number of nitrogen functional groups attached to an aromatic ring is 1. The van der Waals surface area contributed by atoms with E-state index in [1.807, 2.05) is 51.2 Å². The third-order valence-electron chi connectivity index (χ3n) is 4.70. The highest BCUT2D eigenvalue weighted by Gasteiger charge is 2.36. The fourth-order valence-electron chi connectivity index (χ4n) is 3.34. The third kappa shape index (κ3) is 3.38. The number of halogens is 1. The molecule has 2 aromatic heterocycles. The Morgan fingerprint density at radius 1 is 1.21 bits per heavy atom. The number of hydrogen-bond donors (Lipinski definition) is 1. The van der Waals surface area contributed by atoms with Gasteiger partial charge in [-0.15, -0.1) is 0 Å². The van der Waals surface area contributed by atoms with Crippen LogP contribution in [0.25, 0.3) is 22.2 Å². The molecule has 28 heavy (non-hydrogen) atoms. The van der Waals surface area contributed by atoms with Crippen LogP contribution in [0.3, 0.4) is 0 Å². The molecule has 0 bridgehead atoms. The van der Waals surface area contributed by atoms with E-state index < -0.39 is 5.60 Å². The summed E-state index contributed by atoms with van der Waals surface area (Å²) in [7, 11) is 0. The van der Waals surface area contributed by atoms with Crippen LogP contribution in [-0.2, 0) is 4.74 Å². The number of carbonyl (C=O) groups excluding carboxylic acids is 1. The van der Waals surface area contributed by atoms with Crippen LogP contribution in [0.4, 0.5) is 10.6 Å². The number of hydrogen-bond acceptors (Lipinski definition) is 5. The molecule has 7 nitrogen and oxygen atoms in total. The van der Waals surface area contributed by atoms with Gasteiger partial charge in [-0.2, -0.15) is 0 Å². The molecule has 1 amide bonds. The van der Waals surface area contributed by atoms with Crippen molar-refractivity contribution in [3.05, 3.63) is 41.8 Å². The molecule has 3 aromatic rings. The van der Waals surface area contributed by atoms with E-state index in [0.717, 1.165) is 22.2 Å². The highest BCUT2D eigenvalue weighted by atomic mass is 35.5. The predicted octanol–water partition coefficient (Wildman–Crippen LogP) is 4.13. The van der Waals surface area contributed by atoms with Crippen molar-refractivity contribution in [2.24, 2.45) is 0 Å². The Morgan fingerprint density at radius 3 is 2.54 bits per heavy atom. The third-order valence-corrected chi connectivity index (χ3v) is 4.95. The van der Waals surface area contributed by atoms with Gasteiger partial charge in [-0.25, -0.2) is 14.8 Å². The quantitative estimate of drug-likeness (QED) is 0.700. The van der Waals surface area contributed by atoms with Crippen molar-refractivity contribution in [2.75, 3.05) is 18.8 Å². The standard InChI is InChI=1S/C20H22ClN5O2/c1-20(2,3)28-19(27)25-8-14(9-25)26-10-15(12-4-6-13(21)7-5-12)16-17(22)23-11-24-18(16)26/h4-7,10-11,14H,8-9H2,1-3H3,(H2,22,23,24). The number of aromatic nitrogens is 3. The molecule has 0 aliphatic carbocycles. The van der Waals surface area contributed by atoms with Crippen LogP contribution in [0.2, 0.25) is 5.02 Å². The van der Waals surface area contributed by atoms with Gasteiger partial charge in [0.2, 0.25) is 0 Å². The van der Waals surface area contributed by atoms with Crippen molar-refractivity contribution in [1.82, 2.24) is 19.4 Å². The van der Waals surface area contributed by atoms with Gasteiger partial charge in [0.15, 0.2) is 0 Å². The van der Waals surface area contributed by atoms with E-state index in [1.54, 1.807) is 4.90 Å². The van der Waals surface area contributed by atoms with E-state index in [-0.39, 0.29) is 12.1 Å². The number of fused-ring (bicyclic) bond motifs is 1. The Bertz CT molecular complexity index is 1030. The average molecular weight is 400 g/mol. The molecule has 1 aliphatic rings. The molecule has 8 heteroatoms. The molecular formula is C20H22ClN5O2. The number of amides is 1. The van der Waals surface area contributed by atoms with Crippen molar-refractivity contribution < 1.29 is 9.53 Å². The Hall–Kier alpha value is -2.80. The lowest BCUT2D eigenvalue weighted by atomic mass is 10.1. The molecule has 0 unspecified atom stereocenters. The zero-order chi connectivity index (χ0) is 20.1. The van der Waals surface area contributed by atoms with E-state index >= 15 is 0 Å². The van der Waals surface area contributed by atoms with E-state index in [1.165, 1.54) is 6.33 Å². The second kappa shape index (κ2) is 6.67. The molecule has 0 saturated carbocycles. The van der Waals surface area contributed by atoms with Gasteiger partial charge in [0.1, 0.15) is 23.4 Å². The van der Waals surface area contributed by atoms with Crippen molar-refractivity contribution in [1.29, 1.82) is 0 Å². The van der Waals surface area contributed by atoms with Gasteiger partial charge in [0, 0.05) is 29.9 Å². The van der Waals surface area contributed by atoms with Crippen LogP contribution in [0.1, 0.15) is 26.8 Å². The number of nitrogens with two attached hydrogens (primary N) is 1. The van der Waals surface area contributed by atoms with Crippen LogP contribution in [0.5, 0.6) is 0 Å². The molecule has 3 heterocycles. The Morgan fingerprint density at radius 2 is 1.89 bits per heavy atom. The van der Waals surface area contributed by atoms with Gasteiger partial charge in [-0.1, -0.05) is 23.7 Å². The van der Waals surface area contributed by atoms with Crippen molar-refractivity contribution in [2.45, 2.75) is 32.4 Å². The fourth-order valence-corrected chi connectivity index (χ4v) is 3.47. The molecular weight excluding hydrogens is 378 g/mol. The summed E-state index contributed by atoms with van der Waals surface area (Å²) in [4.78, 5) is 22.5. The Labute approximate surface area is 168 Å². The number of rotatable bonds is 2. The first-order chi connectivity index (χ1) is 13.2. The number of anilines is 1. The number of benzene rings is 1. The minimum absolute atomic E-state index is 0.102. The van der Waals surface area contributed by atoms with Crippen molar-refractivity contribution in [3.8, 4) is 11.1 Å². The molecule has 2 N–H and O–H groups in total. The number of likely N-dealkylation sites (tertiary alicyclic amines) is 1. The summed E-state index contributed by atoms with van der Waals surface area (Å²) in [5, 5.41) is 1.48. The topological polar surface area (TPSA) is 86.3 Å². The lowest BCUT2D eigenvalue weighted by Gasteiger charge is -2.40. The second-order valence-electron chi connectivity index (χ2n) is 7.95. The van der Waals surface area contributed by atoms with Gasteiger partial charge in [-0.05, 0) is 38.5 Å². The van der Waals surface area contributed by atoms with E-state index in [9.17, 15) is 4.79 Å². The molecule has 0 atom stereocenters. The molecule has 4 rings (SSSR count). The van der Waals surface area contributed by atoms with Crippen molar-refractivity contribution in [3.63, 3.8) is 0 Å². The summed E-state index contributed by atoms with van der Waals surface area (Å²) in [5.41, 5.74) is 8.34. The van der Waals surface area contributed by atoms with E-state index in [0.29, 0.717) is 23.9 Å². The van der Waals surface area contributed by atoms with Gasteiger partial charge in [-0.3, -0.25) is 0 Å². The average Bonchev–Trinajstić information content (AvgIpc) is 2.93. The summed E-state index contributed by atoms with van der Waals surface area (Å²) in [6.45, 7) is 6.70. The summed E-state index contributed by atoms with van der Waals surface area (Å²) in [5.74, 6) is 0.428. The summed E-state index contributed by atoms with van der Waals surface area (Å²) in [6, 6.07) is 7.68. The number of ether oxygens (including phenoxy) is 1. The minimum atomic E-state index is -0.508. The fraction of sp³-hybridized carbons (Fsp3) is 0.350. The van der Waals surface area contributed by atoms with Gasteiger partial charge in [0.05, 0.1) is 11.4 Å². The number of nitrogens with zero attached hydrogens (tertiary/aromatic N) is 4. The second-order valence-corrected chi connectivity index (χ2v) is 8.39. The Balaban J connectivity index is 1.65. The van der Waals surface area contributed by atoms with Gasteiger partial charge < -0.3 is 19.9 Å². The molecule has 1 aromatic carbocycles. The molecule has 0 radical (unpaired) electrons. The van der Waals surface area contributed by atoms with E-state index in [2.05, 4.69) is 14.5 Å². The zero-order valence-corrected chi connectivity index (χ0v) is 16.8.